The average molecular weight is 844 g/mol. The standard InChI is InChI=1S/C30H50N7O19P/c38-22(31-20(29(50)51)5-14-56-57(54,55)33-21(30(52)53)2-4-24(40)41)3-1-19(28(48)49)32-23(39)15-34-6-8-35(16-25(42)43)10-12-37(18-27(46)47)13-11-36(9-7-34)17-26(44)45/h19-21H,1-18H2,(H,31,38)(H,32,39)(H,40,41)(H,42,43)(H,44,45)(H,46,47)(H,48,49)(H,50,51)(H,52,53)(H2,33,54,55)/t19-,20?,21-/m0/s1. The van der Waals surface area contributed by atoms with Crippen molar-refractivity contribution in [1.82, 2.24) is 35.3 Å². The van der Waals surface area contributed by atoms with E-state index in [1.165, 1.54) is 9.80 Å². The van der Waals surface area contributed by atoms with Crippen LogP contribution in [0.1, 0.15) is 32.1 Å². The molecule has 4 atom stereocenters. The van der Waals surface area contributed by atoms with Crippen molar-refractivity contribution in [2.24, 2.45) is 0 Å². The van der Waals surface area contributed by atoms with Gasteiger partial charge in [0.2, 0.25) is 11.8 Å². The molecular weight excluding hydrogens is 793 g/mol. The molecule has 1 aliphatic rings. The molecule has 0 radical (unpaired) electrons. The molecule has 1 rings (SSSR count). The summed E-state index contributed by atoms with van der Waals surface area (Å²) >= 11 is 0. The smallest absolute Gasteiger partial charge is 0.403 e. The van der Waals surface area contributed by atoms with Gasteiger partial charge in [-0.3, -0.25) is 57.7 Å². The van der Waals surface area contributed by atoms with Crippen LogP contribution in [-0.4, -0.2) is 217 Å². The van der Waals surface area contributed by atoms with Gasteiger partial charge in [0.05, 0.1) is 32.8 Å². The quantitative estimate of drug-likeness (QED) is 0.0388. The third-order valence-electron chi connectivity index (χ3n) is 8.24. The number of aliphatic carboxylic acids is 7. The molecular formula is C30H50N7O19P. The zero-order valence-electron chi connectivity index (χ0n) is 30.8. The molecule has 0 aromatic rings. The van der Waals surface area contributed by atoms with Crippen LogP contribution in [-0.2, 0) is 52.2 Å². The summed E-state index contributed by atoms with van der Waals surface area (Å²) in [6.45, 7) is -1.59. The van der Waals surface area contributed by atoms with E-state index >= 15 is 0 Å². The summed E-state index contributed by atoms with van der Waals surface area (Å²) < 4.78 is 16.9. The van der Waals surface area contributed by atoms with Crippen LogP contribution in [0, 0.1) is 0 Å². The number of rotatable bonds is 25. The number of carboxylic acid groups (broad SMARTS) is 7. The molecule has 27 heteroatoms. The lowest BCUT2D eigenvalue weighted by molar-refractivity contribution is -0.143. The number of carbonyl (C=O) groups excluding carboxylic acids is 2. The lowest BCUT2D eigenvalue weighted by atomic mass is 10.1. The van der Waals surface area contributed by atoms with Gasteiger partial charge in [0, 0.05) is 71.6 Å². The predicted octanol–water partition coefficient (Wildman–Crippen LogP) is -4.20. The monoisotopic (exact) mass is 843 g/mol. The third kappa shape index (κ3) is 23.1. The van der Waals surface area contributed by atoms with Crippen LogP contribution in [0.25, 0.3) is 0 Å². The highest BCUT2D eigenvalue weighted by atomic mass is 31.2. The molecule has 324 valence electrons. The van der Waals surface area contributed by atoms with Crippen LogP contribution in [0.4, 0.5) is 0 Å². The maximum atomic E-state index is 13.1. The Balaban J connectivity index is 2.88. The minimum absolute atomic E-state index is 0.0631. The van der Waals surface area contributed by atoms with Gasteiger partial charge in [0.25, 0.3) is 0 Å². The van der Waals surface area contributed by atoms with E-state index in [0.29, 0.717) is 0 Å². The molecule has 1 aliphatic heterocycles. The Kier molecular flexibility index (Phi) is 22.4. The molecule has 0 aromatic carbocycles. The molecule has 57 heavy (non-hydrogen) atoms. The summed E-state index contributed by atoms with van der Waals surface area (Å²) in [5.74, 6) is -11.5. The number of amides is 2. The molecule has 1 fully saturated rings. The van der Waals surface area contributed by atoms with Gasteiger partial charge in [0.1, 0.15) is 18.1 Å². The second-order valence-electron chi connectivity index (χ2n) is 12.8. The summed E-state index contributed by atoms with van der Waals surface area (Å²) in [5.41, 5.74) is 0. The fourth-order valence-corrected chi connectivity index (χ4v) is 6.39. The minimum Gasteiger partial charge on any atom is -0.481 e. The molecule has 2 amide bonds. The lowest BCUT2D eigenvalue weighted by Gasteiger charge is -2.33. The number of carboxylic acids is 7. The van der Waals surface area contributed by atoms with E-state index < -0.39 is 138 Å². The molecule has 0 bridgehead atoms. The molecule has 0 aromatic heterocycles. The van der Waals surface area contributed by atoms with Gasteiger partial charge in [-0.25, -0.2) is 19.2 Å². The molecule has 0 spiro atoms. The van der Waals surface area contributed by atoms with Crippen molar-refractivity contribution in [2.45, 2.75) is 50.2 Å². The van der Waals surface area contributed by atoms with Gasteiger partial charge in [-0.2, -0.15) is 0 Å². The number of hydrogen-bond donors (Lipinski definition) is 11. The van der Waals surface area contributed by atoms with Gasteiger partial charge in [-0.15, -0.1) is 0 Å². The third-order valence-corrected chi connectivity index (χ3v) is 9.41. The van der Waals surface area contributed by atoms with E-state index in [-0.39, 0.29) is 58.9 Å². The molecule has 26 nitrogen and oxygen atoms in total. The first-order valence-electron chi connectivity index (χ1n) is 17.4. The molecule has 0 aliphatic carbocycles. The van der Waals surface area contributed by atoms with Crippen molar-refractivity contribution < 1.29 is 92.9 Å². The van der Waals surface area contributed by atoms with Crippen molar-refractivity contribution in [2.75, 3.05) is 85.1 Å². The van der Waals surface area contributed by atoms with E-state index in [4.69, 9.17) is 10.2 Å². The molecule has 2 unspecified atom stereocenters. The summed E-state index contributed by atoms with van der Waals surface area (Å²) in [7, 11) is -4.89. The summed E-state index contributed by atoms with van der Waals surface area (Å²) in [5, 5.41) is 71.3. The van der Waals surface area contributed by atoms with Gasteiger partial charge in [-0.1, -0.05) is 0 Å². The molecule has 1 saturated heterocycles. The fourth-order valence-electron chi connectivity index (χ4n) is 5.32. The van der Waals surface area contributed by atoms with Crippen LogP contribution in [0.5, 0.6) is 0 Å². The van der Waals surface area contributed by atoms with Crippen molar-refractivity contribution >= 4 is 61.3 Å². The topological polar surface area (TPSA) is 391 Å². The Morgan fingerprint density at radius 3 is 1.21 bits per heavy atom. The number of nitrogens with one attached hydrogen (secondary N) is 3. The Hall–Kier alpha value is -4.82. The van der Waals surface area contributed by atoms with Crippen LogP contribution < -0.4 is 15.7 Å². The lowest BCUT2D eigenvalue weighted by Crippen LogP contribution is -2.51. The Morgan fingerprint density at radius 1 is 0.491 bits per heavy atom. The van der Waals surface area contributed by atoms with Crippen molar-refractivity contribution in [1.29, 1.82) is 0 Å². The van der Waals surface area contributed by atoms with E-state index in [9.17, 15) is 78.1 Å². The van der Waals surface area contributed by atoms with Crippen LogP contribution in [0.3, 0.4) is 0 Å². The zero-order chi connectivity index (χ0) is 43.3. The van der Waals surface area contributed by atoms with Gasteiger partial charge in [0.15, 0.2) is 0 Å². The second kappa shape index (κ2) is 25.4. The number of hydrogen-bond acceptors (Lipinski definition) is 15. The Bertz CT molecular complexity index is 1450. The number of nitrogens with zero attached hydrogens (tertiary/aromatic N) is 4. The molecule has 1 heterocycles. The highest BCUT2D eigenvalue weighted by Crippen LogP contribution is 2.38. The fraction of sp³-hybridized carbons (Fsp3) is 0.700. The maximum absolute atomic E-state index is 13.1. The average Bonchev–Trinajstić information content (AvgIpc) is 3.07. The largest absolute Gasteiger partial charge is 0.481 e. The summed E-state index contributed by atoms with van der Waals surface area (Å²) in [4.78, 5) is 122. The van der Waals surface area contributed by atoms with E-state index in [1.807, 2.05) is 0 Å². The van der Waals surface area contributed by atoms with Gasteiger partial charge < -0.3 is 51.3 Å². The molecule has 11 N–H and O–H groups in total. The Morgan fingerprint density at radius 2 is 0.842 bits per heavy atom. The van der Waals surface area contributed by atoms with Crippen molar-refractivity contribution in [3.63, 3.8) is 0 Å². The van der Waals surface area contributed by atoms with Crippen LogP contribution in [0.15, 0.2) is 0 Å². The number of carbonyl (C=O) groups is 9. The van der Waals surface area contributed by atoms with Gasteiger partial charge >= 0.3 is 49.5 Å². The minimum atomic E-state index is -4.89. The summed E-state index contributed by atoms with van der Waals surface area (Å²) in [6.07, 6.45) is -3.01. The first-order valence-corrected chi connectivity index (χ1v) is 18.9. The van der Waals surface area contributed by atoms with Crippen molar-refractivity contribution in [3.8, 4) is 0 Å². The van der Waals surface area contributed by atoms with E-state index in [2.05, 4.69) is 15.2 Å². The predicted molar refractivity (Wildman–Crippen MR) is 189 cm³/mol. The summed E-state index contributed by atoms with van der Waals surface area (Å²) in [6, 6.07) is -5.17. The van der Waals surface area contributed by atoms with Crippen LogP contribution >= 0.6 is 7.75 Å². The van der Waals surface area contributed by atoms with Crippen molar-refractivity contribution in [3.05, 3.63) is 0 Å². The first-order chi connectivity index (χ1) is 26.6. The van der Waals surface area contributed by atoms with E-state index in [0.717, 1.165) is 0 Å². The normalized spacial score (nSPS) is 18.0. The van der Waals surface area contributed by atoms with E-state index in [1.54, 1.807) is 14.9 Å². The zero-order valence-corrected chi connectivity index (χ0v) is 31.7. The maximum Gasteiger partial charge on any atom is 0.403 e. The Labute approximate surface area is 324 Å². The highest BCUT2D eigenvalue weighted by Gasteiger charge is 2.31. The van der Waals surface area contributed by atoms with Crippen LogP contribution in [0.2, 0.25) is 0 Å². The highest BCUT2D eigenvalue weighted by molar-refractivity contribution is 7.50. The SMILES string of the molecule is O=C(O)CC[C@H](NP(=O)(O)OCCC(NC(=O)CC[C@H](NC(=O)CN1CCN(CC(=O)O)CCN(CC(=O)O)CCN(CC(=O)O)CC1)C(=O)O)C(=O)O)C(=O)O. The second-order valence-corrected chi connectivity index (χ2v) is 14.4. The molecule has 0 saturated carbocycles. The van der Waals surface area contributed by atoms with Gasteiger partial charge in [-0.05, 0) is 12.8 Å². The first kappa shape index (κ1) is 50.2.